The van der Waals surface area contributed by atoms with Gasteiger partial charge in [0.15, 0.2) is 0 Å². The fraction of sp³-hybridized carbons (Fsp3) is 0.304. The van der Waals surface area contributed by atoms with E-state index in [9.17, 15) is 9.59 Å². The molecule has 2 amide bonds. The van der Waals surface area contributed by atoms with Crippen molar-refractivity contribution in [3.8, 4) is 5.75 Å². The number of carbonyl (C=O) groups excluding carboxylic acids is 2. The molecule has 2 aromatic rings. The van der Waals surface area contributed by atoms with E-state index < -0.39 is 18.0 Å². The van der Waals surface area contributed by atoms with E-state index in [4.69, 9.17) is 9.47 Å². The third-order valence-corrected chi connectivity index (χ3v) is 4.29. The van der Waals surface area contributed by atoms with Crippen LogP contribution in [0, 0.1) is 0 Å². The Hall–Kier alpha value is -3.28. The van der Waals surface area contributed by atoms with Crippen LogP contribution in [0.1, 0.15) is 44.9 Å². The van der Waals surface area contributed by atoms with Crippen LogP contribution in [0.25, 0.3) is 5.70 Å². The summed E-state index contributed by atoms with van der Waals surface area (Å²) in [5.41, 5.74) is 2.19. The number of esters is 1. The van der Waals surface area contributed by atoms with Crippen LogP contribution in [0.4, 0.5) is 4.79 Å². The lowest BCUT2D eigenvalue weighted by atomic mass is 9.92. The van der Waals surface area contributed by atoms with Gasteiger partial charge in [0, 0.05) is 5.56 Å². The summed E-state index contributed by atoms with van der Waals surface area (Å²) in [4.78, 5) is 25.6. The highest BCUT2D eigenvalue weighted by molar-refractivity contribution is 6.04. The van der Waals surface area contributed by atoms with Gasteiger partial charge >= 0.3 is 12.0 Å². The number of ether oxygens (including phenoxy) is 2. The summed E-state index contributed by atoms with van der Waals surface area (Å²) in [6, 6.07) is 15.6. The Morgan fingerprint density at radius 2 is 1.59 bits per heavy atom. The van der Waals surface area contributed by atoms with Gasteiger partial charge < -0.3 is 20.1 Å². The minimum atomic E-state index is -0.708. The maximum absolute atomic E-state index is 13.1. The quantitative estimate of drug-likeness (QED) is 0.720. The van der Waals surface area contributed by atoms with Gasteiger partial charge in [-0.3, -0.25) is 0 Å². The summed E-state index contributed by atoms with van der Waals surface area (Å²) in [7, 11) is 0. The molecule has 29 heavy (non-hydrogen) atoms. The van der Waals surface area contributed by atoms with E-state index in [1.165, 1.54) is 0 Å². The molecule has 0 aromatic heterocycles. The van der Waals surface area contributed by atoms with Crippen LogP contribution in [-0.2, 0) is 9.53 Å². The molecule has 3 rings (SSSR count). The highest BCUT2D eigenvalue weighted by Crippen LogP contribution is 2.36. The van der Waals surface area contributed by atoms with Gasteiger partial charge in [-0.2, -0.15) is 0 Å². The van der Waals surface area contributed by atoms with Crippen LogP contribution in [0.15, 0.2) is 60.2 Å². The minimum Gasteiger partial charge on any atom is -0.491 e. The number of hydrogen-bond acceptors (Lipinski definition) is 4. The second-order valence-corrected chi connectivity index (χ2v) is 7.34. The molecular formula is C23H26N2O4. The number of para-hydroxylation sites is 1. The fourth-order valence-corrected chi connectivity index (χ4v) is 3.21. The van der Waals surface area contributed by atoms with E-state index in [1.54, 1.807) is 13.8 Å². The van der Waals surface area contributed by atoms with Crippen LogP contribution in [0.2, 0.25) is 0 Å². The topological polar surface area (TPSA) is 76.7 Å². The number of nitrogens with one attached hydrogen (secondary N) is 2. The van der Waals surface area contributed by atoms with Crippen molar-refractivity contribution in [1.82, 2.24) is 10.6 Å². The molecule has 1 heterocycles. The second kappa shape index (κ2) is 8.82. The molecule has 2 N–H and O–H groups in total. The number of rotatable bonds is 6. The molecule has 152 valence electrons. The first-order valence-electron chi connectivity index (χ1n) is 9.70. The van der Waals surface area contributed by atoms with E-state index in [1.807, 2.05) is 68.4 Å². The summed E-state index contributed by atoms with van der Waals surface area (Å²) >= 11 is 0. The van der Waals surface area contributed by atoms with Gasteiger partial charge in [-0.15, -0.1) is 0 Å². The first kappa shape index (κ1) is 20.5. The molecule has 1 atom stereocenters. The van der Waals surface area contributed by atoms with Crippen molar-refractivity contribution in [3.63, 3.8) is 0 Å². The Morgan fingerprint density at radius 3 is 2.24 bits per heavy atom. The fourth-order valence-electron chi connectivity index (χ4n) is 3.21. The van der Waals surface area contributed by atoms with Gasteiger partial charge in [-0.25, -0.2) is 9.59 Å². The van der Waals surface area contributed by atoms with E-state index in [2.05, 4.69) is 10.6 Å². The van der Waals surface area contributed by atoms with Gasteiger partial charge in [0.2, 0.25) is 0 Å². The van der Waals surface area contributed by atoms with Crippen molar-refractivity contribution in [1.29, 1.82) is 0 Å². The van der Waals surface area contributed by atoms with Crippen LogP contribution in [0.3, 0.4) is 0 Å². The average molecular weight is 394 g/mol. The third kappa shape index (κ3) is 4.77. The lowest BCUT2D eigenvalue weighted by Gasteiger charge is -2.31. The van der Waals surface area contributed by atoms with E-state index in [-0.39, 0.29) is 12.2 Å². The van der Waals surface area contributed by atoms with E-state index >= 15 is 0 Å². The van der Waals surface area contributed by atoms with Crippen molar-refractivity contribution >= 4 is 17.7 Å². The molecule has 0 saturated carbocycles. The Kier molecular flexibility index (Phi) is 6.22. The number of urea groups is 1. The molecular weight excluding hydrogens is 368 g/mol. The molecule has 1 aliphatic rings. The standard InChI is InChI=1S/C23H26N2O4/c1-14(2)28-18-13-9-8-12-17(18)21-19(22(26)29-15(3)4)20(24-23(27)25-21)16-10-6-5-7-11-16/h5-15,21H,1-4H3,(H2,24,25,27). The van der Waals surface area contributed by atoms with Crippen LogP contribution in [-0.4, -0.2) is 24.2 Å². The predicted molar refractivity (Wildman–Crippen MR) is 111 cm³/mol. The smallest absolute Gasteiger partial charge is 0.338 e. The van der Waals surface area contributed by atoms with Crippen molar-refractivity contribution in [2.45, 2.75) is 45.9 Å². The van der Waals surface area contributed by atoms with E-state index in [0.717, 1.165) is 5.56 Å². The molecule has 0 fully saturated rings. The highest BCUT2D eigenvalue weighted by atomic mass is 16.5. The zero-order valence-corrected chi connectivity index (χ0v) is 17.1. The molecule has 0 aliphatic carbocycles. The summed E-state index contributed by atoms with van der Waals surface area (Å²) in [5.74, 6) is 0.118. The molecule has 0 saturated heterocycles. The zero-order valence-electron chi connectivity index (χ0n) is 17.1. The highest BCUT2D eigenvalue weighted by Gasteiger charge is 2.36. The normalized spacial score (nSPS) is 16.5. The maximum Gasteiger partial charge on any atom is 0.338 e. The first-order valence-corrected chi connectivity index (χ1v) is 9.70. The number of carbonyl (C=O) groups is 2. The van der Waals surface area contributed by atoms with Gasteiger partial charge in [0.05, 0.1) is 29.5 Å². The summed E-state index contributed by atoms with van der Waals surface area (Å²) in [6.45, 7) is 7.44. The second-order valence-electron chi connectivity index (χ2n) is 7.34. The molecule has 1 unspecified atom stereocenters. The third-order valence-electron chi connectivity index (χ3n) is 4.29. The minimum absolute atomic E-state index is 0.0581. The maximum atomic E-state index is 13.1. The lowest BCUT2D eigenvalue weighted by Crippen LogP contribution is -2.45. The summed E-state index contributed by atoms with van der Waals surface area (Å²) in [5, 5.41) is 5.65. The van der Waals surface area contributed by atoms with Crippen molar-refractivity contribution in [2.75, 3.05) is 0 Å². The van der Waals surface area contributed by atoms with Gasteiger partial charge in [-0.1, -0.05) is 48.5 Å². The summed E-state index contributed by atoms with van der Waals surface area (Å²) in [6.07, 6.45) is -0.357. The molecule has 6 nitrogen and oxygen atoms in total. The van der Waals surface area contributed by atoms with E-state index in [0.29, 0.717) is 22.6 Å². The SMILES string of the molecule is CC(C)OC(=O)C1=C(c2ccccc2)NC(=O)NC1c1ccccc1OC(C)C. The van der Waals surface area contributed by atoms with Gasteiger partial charge in [-0.05, 0) is 39.3 Å². The van der Waals surface area contributed by atoms with Gasteiger partial charge in [0.25, 0.3) is 0 Å². The Morgan fingerprint density at radius 1 is 0.931 bits per heavy atom. The van der Waals surface area contributed by atoms with Crippen molar-refractivity contribution < 1.29 is 19.1 Å². The van der Waals surface area contributed by atoms with Crippen LogP contribution in [0.5, 0.6) is 5.75 Å². The van der Waals surface area contributed by atoms with Crippen molar-refractivity contribution in [2.24, 2.45) is 0 Å². The number of amides is 2. The first-order chi connectivity index (χ1) is 13.9. The molecule has 6 heteroatoms. The van der Waals surface area contributed by atoms with Crippen LogP contribution >= 0.6 is 0 Å². The molecule has 0 radical (unpaired) electrons. The lowest BCUT2D eigenvalue weighted by molar-refractivity contribution is -0.143. The Bertz CT molecular complexity index is 919. The number of hydrogen-bond donors (Lipinski definition) is 2. The van der Waals surface area contributed by atoms with Crippen molar-refractivity contribution in [3.05, 3.63) is 71.3 Å². The number of benzene rings is 2. The molecule has 1 aliphatic heterocycles. The molecule has 0 spiro atoms. The monoisotopic (exact) mass is 394 g/mol. The largest absolute Gasteiger partial charge is 0.491 e. The molecule has 0 bridgehead atoms. The Balaban J connectivity index is 2.19. The van der Waals surface area contributed by atoms with Gasteiger partial charge in [0.1, 0.15) is 5.75 Å². The Labute approximate surface area is 170 Å². The van der Waals surface area contributed by atoms with Crippen LogP contribution < -0.4 is 15.4 Å². The predicted octanol–water partition coefficient (Wildman–Crippen LogP) is 4.19. The summed E-state index contributed by atoms with van der Waals surface area (Å²) < 4.78 is 11.5. The molecule has 2 aromatic carbocycles. The zero-order chi connectivity index (χ0) is 21.0. The average Bonchev–Trinajstić information content (AvgIpc) is 2.67.